The van der Waals surface area contributed by atoms with Crippen LogP contribution in [0.1, 0.15) is 30.9 Å². The molecule has 2 atom stereocenters. The van der Waals surface area contributed by atoms with Gasteiger partial charge in [-0.3, -0.25) is 0 Å². The molecule has 1 fully saturated rings. The third-order valence-electron chi connectivity index (χ3n) is 3.56. The molecule has 4 heteroatoms. The van der Waals surface area contributed by atoms with Crippen LogP contribution in [0, 0.1) is 5.82 Å². The number of hydrogen-bond acceptors (Lipinski definition) is 2. The van der Waals surface area contributed by atoms with Gasteiger partial charge in [-0.05, 0) is 51.7 Å². The first kappa shape index (κ1) is 14.0. The van der Waals surface area contributed by atoms with Crippen LogP contribution < -0.4 is 5.32 Å². The van der Waals surface area contributed by atoms with E-state index < -0.39 is 0 Å². The van der Waals surface area contributed by atoms with Crippen LogP contribution in [0.5, 0.6) is 0 Å². The summed E-state index contributed by atoms with van der Waals surface area (Å²) in [5, 5.41) is 3.52. The summed E-state index contributed by atoms with van der Waals surface area (Å²) in [6, 6.07) is 5.61. The van der Waals surface area contributed by atoms with Gasteiger partial charge in [0.1, 0.15) is 5.82 Å². The average molecular weight is 315 g/mol. The van der Waals surface area contributed by atoms with E-state index in [0.717, 1.165) is 23.0 Å². The predicted molar refractivity (Wildman–Crippen MR) is 76.2 cm³/mol. The van der Waals surface area contributed by atoms with Gasteiger partial charge in [0.25, 0.3) is 0 Å². The van der Waals surface area contributed by atoms with Gasteiger partial charge in [-0.25, -0.2) is 4.39 Å². The third kappa shape index (κ3) is 3.11. The second-order valence-corrected chi connectivity index (χ2v) is 6.05. The fourth-order valence-electron chi connectivity index (χ4n) is 2.74. The molecule has 18 heavy (non-hydrogen) atoms. The highest BCUT2D eigenvalue weighted by atomic mass is 79.9. The summed E-state index contributed by atoms with van der Waals surface area (Å²) in [6.07, 6.45) is 3.55. The molecule has 100 valence electrons. The fourth-order valence-corrected chi connectivity index (χ4v) is 3.12. The molecule has 1 aromatic rings. The highest BCUT2D eigenvalue weighted by Gasteiger charge is 2.28. The lowest BCUT2D eigenvalue weighted by molar-refractivity contribution is 0.200. The molecule has 1 aromatic carbocycles. The summed E-state index contributed by atoms with van der Waals surface area (Å²) in [5.74, 6) is -0.121. The molecule has 0 aliphatic carbocycles. The van der Waals surface area contributed by atoms with Crippen molar-refractivity contribution in [3.63, 3.8) is 0 Å². The zero-order valence-electron chi connectivity index (χ0n) is 10.9. The van der Waals surface area contributed by atoms with Crippen molar-refractivity contribution >= 4 is 15.9 Å². The Morgan fingerprint density at radius 3 is 2.78 bits per heavy atom. The molecule has 0 spiro atoms. The number of likely N-dealkylation sites (N-methyl/N-ethyl adjacent to an activating group) is 1. The molecule has 2 rings (SSSR count). The van der Waals surface area contributed by atoms with Gasteiger partial charge in [0.05, 0.1) is 6.04 Å². The second-order valence-electron chi connectivity index (χ2n) is 5.13. The molecule has 0 aromatic heterocycles. The van der Waals surface area contributed by atoms with Crippen molar-refractivity contribution in [3.8, 4) is 0 Å². The summed E-state index contributed by atoms with van der Waals surface area (Å²) in [7, 11) is 4.03. The Bertz CT molecular complexity index is 403. The SMILES string of the molecule is CN(C)C(c1cc(Br)ccc1F)C1CCCCN1. The minimum Gasteiger partial charge on any atom is -0.312 e. The van der Waals surface area contributed by atoms with Crippen LogP contribution in [0.15, 0.2) is 22.7 Å². The Hall–Kier alpha value is -0.450. The van der Waals surface area contributed by atoms with Crippen molar-refractivity contribution in [1.29, 1.82) is 0 Å². The van der Waals surface area contributed by atoms with Gasteiger partial charge in [-0.15, -0.1) is 0 Å². The van der Waals surface area contributed by atoms with Crippen molar-refractivity contribution in [2.24, 2.45) is 0 Å². The number of piperidine rings is 1. The quantitative estimate of drug-likeness (QED) is 0.920. The van der Waals surface area contributed by atoms with E-state index in [1.807, 2.05) is 20.2 Å². The first-order valence-electron chi connectivity index (χ1n) is 6.44. The summed E-state index contributed by atoms with van der Waals surface area (Å²) < 4.78 is 15.0. The van der Waals surface area contributed by atoms with Crippen molar-refractivity contribution in [3.05, 3.63) is 34.1 Å². The summed E-state index contributed by atoms with van der Waals surface area (Å²) in [6.45, 7) is 1.03. The maximum Gasteiger partial charge on any atom is 0.128 e. The van der Waals surface area contributed by atoms with E-state index in [4.69, 9.17) is 0 Å². The van der Waals surface area contributed by atoms with Crippen LogP contribution in [-0.2, 0) is 0 Å². The molecule has 2 nitrogen and oxygen atoms in total. The average Bonchev–Trinajstić information content (AvgIpc) is 2.35. The smallest absolute Gasteiger partial charge is 0.128 e. The molecule has 0 bridgehead atoms. The van der Waals surface area contributed by atoms with Gasteiger partial charge in [0.2, 0.25) is 0 Å². The molecular formula is C14H20BrFN2. The van der Waals surface area contributed by atoms with Crippen LogP contribution in [0.3, 0.4) is 0 Å². The molecule has 0 radical (unpaired) electrons. The van der Waals surface area contributed by atoms with Gasteiger partial charge in [0, 0.05) is 16.1 Å². The Kier molecular flexibility index (Phi) is 4.76. The minimum absolute atomic E-state index is 0.0859. The Labute approximate surface area is 117 Å². The number of rotatable bonds is 3. The van der Waals surface area contributed by atoms with Gasteiger partial charge in [0.15, 0.2) is 0 Å². The van der Waals surface area contributed by atoms with Gasteiger partial charge in [-0.2, -0.15) is 0 Å². The highest BCUT2D eigenvalue weighted by molar-refractivity contribution is 9.10. The summed E-state index contributed by atoms with van der Waals surface area (Å²) >= 11 is 3.43. The van der Waals surface area contributed by atoms with E-state index in [9.17, 15) is 4.39 Å². The van der Waals surface area contributed by atoms with Gasteiger partial charge < -0.3 is 10.2 Å². The minimum atomic E-state index is -0.121. The van der Waals surface area contributed by atoms with E-state index in [-0.39, 0.29) is 11.9 Å². The maximum atomic E-state index is 14.1. The van der Waals surface area contributed by atoms with Crippen molar-refractivity contribution in [2.75, 3.05) is 20.6 Å². The largest absolute Gasteiger partial charge is 0.312 e. The summed E-state index contributed by atoms with van der Waals surface area (Å²) in [5.41, 5.74) is 0.772. The van der Waals surface area contributed by atoms with Crippen LogP contribution in [0.2, 0.25) is 0 Å². The van der Waals surface area contributed by atoms with E-state index in [2.05, 4.69) is 26.1 Å². The molecule has 1 heterocycles. The van der Waals surface area contributed by atoms with E-state index in [0.29, 0.717) is 6.04 Å². The van der Waals surface area contributed by atoms with E-state index >= 15 is 0 Å². The lowest BCUT2D eigenvalue weighted by Crippen LogP contribution is -2.44. The molecule has 0 saturated carbocycles. The molecule has 2 unspecified atom stereocenters. The van der Waals surface area contributed by atoms with Gasteiger partial charge in [-0.1, -0.05) is 22.4 Å². The van der Waals surface area contributed by atoms with E-state index in [1.54, 1.807) is 12.1 Å². The third-order valence-corrected chi connectivity index (χ3v) is 4.06. The zero-order chi connectivity index (χ0) is 13.1. The van der Waals surface area contributed by atoms with E-state index in [1.165, 1.54) is 12.8 Å². The van der Waals surface area contributed by atoms with Crippen molar-refractivity contribution < 1.29 is 4.39 Å². The topological polar surface area (TPSA) is 15.3 Å². The lowest BCUT2D eigenvalue weighted by atomic mass is 9.91. The van der Waals surface area contributed by atoms with Crippen LogP contribution in [0.4, 0.5) is 4.39 Å². The summed E-state index contributed by atoms with van der Waals surface area (Å²) in [4.78, 5) is 2.10. The van der Waals surface area contributed by atoms with Crippen molar-refractivity contribution in [2.45, 2.75) is 31.3 Å². The van der Waals surface area contributed by atoms with Gasteiger partial charge >= 0.3 is 0 Å². The lowest BCUT2D eigenvalue weighted by Gasteiger charge is -2.36. The fraction of sp³-hybridized carbons (Fsp3) is 0.571. The van der Waals surface area contributed by atoms with Crippen molar-refractivity contribution in [1.82, 2.24) is 10.2 Å². The molecule has 1 N–H and O–H groups in total. The molecule has 1 aliphatic rings. The number of nitrogens with one attached hydrogen (secondary N) is 1. The number of benzene rings is 1. The molecule has 1 aliphatic heterocycles. The standard InChI is InChI=1S/C14H20BrFN2/c1-18(2)14(13-5-3-4-8-17-13)11-9-10(15)6-7-12(11)16/h6-7,9,13-14,17H,3-5,8H2,1-2H3. The van der Waals surface area contributed by atoms with Crippen LogP contribution in [-0.4, -0.2) is 31.6 Å². The first-order valence-corrected chi connectivity index (χ1v) is 7.23. The number of nitrogens with zero attached hydrogens (tertiary/aromatic N) is 1. The Morgan fingerprint density at radius 1 is 1.39 bits per heavy atom. The number of hydrogen-bond donors (Lipinski definition) is 1. The highest BCUT2D eigenvalue weighted by Crippen LogP contribution is 2.30. The second kappa shape index (κ2) is 6.13. The first-order chi connectivity index (χ1) is 8.59. The maximum absolute atomic E-state index is 14.1. The monoisotopic (exact) mass is 314 g/mol. The normalized spacial score (nSPS) is 22.2. The molecule has 0 amide bonds. The predicted octanol–water partition coefficient (Wildman–Crippen LogP) is 3.33. The Morgan fingerprint density at radius 2 is 2.17 bits per heavy atom. The van der Waals surface area contributed by atoms with Crippen LogP contribution >= 0.6 is 15.9 Å². The molecular weight excluding hydrogens is 295 g/mol. The molecule has 1 saturated heterocycles. The van der Waals surface area contributed by atoms with Crippen LogP contribution in [0.25, 0.3) is 0 Å². The zero-order valence-corrected chi connectivity index (χ0v) is 12.5. The number of halogens is 2. The Balaban J connectivity index is 2.31.